The molecule has 1 unspecified atom stereocenters. The molecule has 122 valence electrons. The Kier molecular flexibility index (Phi) is 3.53. The molecule has 7 heteroatoms. The molecular formula is C17H16N4O3. The van der Waals surface area contributed by atoms with E-state index in [1.54, 1.807) is 6.26 Å². The summed E-state index contributed by atoms with van der Waals surface area (Å²) in [7, 11) is 0. The summed E-state index contributed by atoms with van der Waals surface area (Å²) in [5.74, 6) is 0.744. The zero-order chi connectivity index (χ0) is 16.5. The predicted octanol–water partition coefficient (Wildman–Crippen LogP) is 3.42. The molecule has 1 aliphatic rings. The van der Waals surface area contributed by atoms with Gasteiger partial charge in [0.2, 0.25) is 0 Å². The van der Waals surface area contributed by atoms with Gasteiger partial charge >= 0.3 is 6.09 Å². The molecule has 0 spiro atoms. The summed E-state index contributed by atoms with van der Waals surface area (Å²) in [4.78, 5) is 22.8. The second-order valence-corrected chi connectivity index (χ2v) is 5.78. The fourth-order valence-electron chi connectivity index (χ4n) is 3.23. The Labute approximate surface area is 137 Å². The molecule has 0 saturated heterocycles. The van der Waals surface area contributed by atoms with Crippen molar-refractivity contribution in [2.45, 2.75) is 25.3 Å². The maximum Gasteiger partial charge on any atom is 0.404 e. The molecule has 0 bridgehead atoms. The summed E-state index contributed by atoms with van der Waals surface area (Å²) in [6.45, 7) is 0. The van der Waals surface area contributed by atoms with E-state index in [2.05, 4.69) is 26.3 Å². The molecule has 0 aliphatic heterocycles. The molecule has 0 fully saturated rings. The lowest BCUT2D eigenvalue weighted by molar-refractivity contribution is 0.189. The van der Waals surface area contributed by atoms with Gasteiger partial charge < -0.3 is 19.8 Å². The number of hydrogen-bond donors (Lipinski definition) is 3. The minimum atomic E-state index is -0.994. The SMILES string of the molecule is O=C(O)NC1CCC=C(c2ncnc3[nH]cc(-c4ccco4)c23)C1. The first-order valence-corrected chi connectivity index (χ1v) is 7.77. The van der Waals surface area contributed by atoms with Crippen molar-refractivity contribution in [3.05, 3.63) is 42.7 Å². The average Bonchev–Trinajstić information content (AvgIpc) is 3.23. The number of aromatic nitrogens is 3. The molecule has 3 heterocycles. The Balaban J connectivity index is 1.78. The Morgan fingerprint density at radius 2 is 2.33 bits per heavy atom. The Bertz CT molecular complexity index is 911. The van der Waals surface area contributed by atoms with E-state index in [1.807, 2.05) is 18.3 Å². The number of rotatable bonds is 3. The maximum absolute atomic E-state index is 10.9. The topological polar surface area (TPSA) is 104 Å². The van der Waals surface area contributed by atoms with Crippen LogP contribution in [-0.4, -0.2) is 32.2 Å². The Morgan fingerprint density at radius 3 is 3.12 bits per heavy atom. The van der Waals surface area contributed by atoms with Crippen molar-refractivity contribution in [1.82, 2.24) is 20.3 Å². The van der Waals surface area contributed by atoms with Crippen LogP contribution < -0.4 is 5.32 Å². The molecule has 3 aromatic rings. The molecule has 3 N–H and O–H groups in total. The van der Waals surface area contributed by atoms with Gasteiger partial charge in [-0.05, 0) is 37.0 Å². The smallest absolute Gasteiger partial charge is 0.404 e. The standard InChI is InChI=1S/C17H16N4O3/c22-17(23)21-11-4-1-3-10(7-11)15-14-12(13-5-2-6-24-13)8-18-16(14)20-9-19-15/h2-3,5-6,8-9,11,21H,1,4,7H2,(H,22,23)(H,18,19,20). The van der Waals surface area contributed by atoms with Crippen molar-refractivity contribution in [2.24, 2.45) is 0 Å². The van der Waals surface area contributed by atoms with E-state index in [0.29, 0.717) is 6.42 Å². The highest BCUT2D eigenvalue weighted by atomic mass is 16.4. The van der Waals surface area contributed by atoms with Crippen LogP contribution in [0.1, 0.15) is 25.0 Å². The number of fused-ring (bicyclic) bond motifs is 1. The van der Waals surface area contributed by atoms with Gasteiger partial charge in [0.05, 0.1) is 17.3 Å². The first-order valence-electron chi connectivity index (χ1n) is 7.77. The lowest BCUT2D eigenvalue weighted by atomic mass is 9.91. The summed E-state index contributed by atoms with van der Waals surface area (Å²) in [5.41, 5.74) is 3.49. The van der Waals surface area contributed by atoms with Crippen LogP contribution in [-0.2, 0) is 0 Å². The van der Waals surface area contributed by atoms with Gasteiger partial charge in [-0.25, -0.2) is 14.8 Å². The fourth-order valence-corrected chi connectivity index (χ4v) is 3.23. The van der Waals surface area contributed by atoms with Gasteiger partial charge in [0, 0.05) is 17.8 Å². The number of aromatic amines is 1. The quantitative estimate of drug-likeness (QED) is 0.685. The van der Waals surface area contributed by atoms with Crippen molar-refractivity contribution in [3.8, 4) is 11.3 Å². The van der Waals surface area contributed by atoms with E-state index in [-0.39, 0.29) is 6.04 Å². The third kappa shape index (κ3) is 2.54. The second-order valence-electron chi connectivity index (χ2n) is 5.78. The number of furan rings is 1. The number of amides is 1. The Hall–Kier alpha value is -3.09. The molecule has 4 rings (SSSR count). The first kappa shape index (κ1) is 14.5. The van der Waals surface area contributed by atoms with Crippen LogP contribution in [0.5, 0.6) is 0 Å². The van der Waals surface area contributed by atoms with E-state index in [4.69, 9.17) is 9.52 Å². The van der Waals surface area contributed by atoms with Crippen LogP contribution in [0.2, 0.25) is 0 Å². The van der Waals surface area contributed by atoms with Crippen molar-refractivity contribution in [1.29, 1.82) is 0 Å². The van der Waals surface area contributed by atoms with Gasteiger partial charge in [0.15, 0.2) is 0 Å². The van der Waals surface area contributed by atoms with Gasteiger partial charge in [-0.2, -0.15) is 0 Å². The van der Waals surface area contributed by atoms with Crippen LogP contribution in [0, 0.1) is 0 Å². The van der Waals surface area contributed by atoms with Crippen LogP contribution in [0.3, 0.4) is 0 Å². The normalized spacial score (nSPS) is 17.7. The number of H-pyrrole nitrogens is 1. The summed E-state index contributed by atoms with van der Waals surface area (Å²) < 4.78 is 5.52. The highest BCUT2D eigenvalue weighted by molar-refractivity contribution is 5.99. The van der Waals surface area contributed by atoms with E-state index >= 15 is 0 Å². The lowest BCUT2D eigenvalue weighted by Gasteiger charge is -2.22. The number of hydrogen-bond acceptors (Lipinski definition) is 4. The summed E-state index contributed by atoms with van der Waals surface area (Å²) in [5, 5.41) is 12.4. The summed E-state index contributed by atoms with van der Waals surface area (Å²) >= 11 is 0. The van der Waals surface area contributed by atoms with E-state index in [9.17, 15) is 4.79 Å². The van der Waals surface area contributed by atoms with Crippen molar-refractivity contribution < 1.29 is 14.3 Å². The molecule has 0 saturated carbocycles. The van der Waals surface area contributed by atoms with Crippen molar-refractivity contribution >= 4 is 22.7 Å². The lowest BCUT2D eigenvalue weighted by Crippen LogP contribution is -2.34. The zero-order valence-corrected chi connectivity index (χ0v) is 12.8. The van der Waals surface area contributed by atoms with E-state index in [0.717, 1.165) is 46.5 Å². The van der Waals surface area contributed by atoms with Gasteiger partial charge in [-0.15, -0.1) is 0 Å². The molecule has 0 radical (unpaired) electrons. The molecule has 1 amide bonds. The van der Waals surface area contributed by atoms with Crippen LogP contribution in [0.4, 0.5) is 4.79 Å². The molecule has 7 nitrogen and oxygen atoms in total. The molecule has 1 atom stereocenters. The largest absolute Gasteiger partial charge is 0.465 e. The van der Waals surface area contributed by atoms with Crippen LogP contribution in [0.25, 0.3) is 27.9 Å². The Morgan fingerprint density at radius 1 is 1.42 bits per heavy atom. The van der Waals surface area contributed by atoms with Gasteiger partial charge in [0.25, 0.3) is 0 Å². The van der Waals surface area contributed by atoms with Crippen molar-refractivity contribution in [2.75, 3.05) is 0 Å². The first-order chi connectivity index (χ1) is 11.7. The maximum atomic E-state index is 10.9. The highest BCUT2D eigenvalue weighted by Gasteiger charge is 2.22. The fraction of sp³-hybridized carbons (Fsp3) is 0.235. The number of carboxylic acid groups (broad SMARTS) is 1. The van der Waals surface area contributed by atoms with Gasteiger partial charge in [0.1, 0.15) is 17.7 Å². The third-order valence-electron chi connectivity index (χ3n) is 4.26. The van der Waals surface area contributed by atoms with Crippen LogP contribution in [0.15, 0.2) is 41.4 Å². The number of nitrogens with one attached hydrogen (secondary N) is 2. The zero-order valence-electron chi connectivity index (χ0n) is 12.8. The van der Waals surface area contributed by atoms with E-state index < -0.39 is 6.09 Å². The van der Waals surface area contributed by atoms with E-state index in [1.165, 1.54) is 6.33 Å². The minimum absolute atomic E-state index is 0.0986. The predicted molar refractivity (Wildman–Crippen MR) is 88.4 cm³/mol. The highest BCUT2D eigenvalue weighted by Crippen LogP contribution is 2.35. The molecule has 0 aromatic carbocycles. The molecule has 3 aromatic heterocycles. The average molecular weight is 324 g/mol. The van der Waals surface area contributed by atoms with Crippen molar-refractivity contribution in [3.63, 3.8) is 0 Å². The minimum Gasteiger partial charge on any atom is -0.465 e. The number of nitrogens with zero attached hydrogens (tertiary/aromatic N) is 2. The van der Waals surface area contributed by atoms with Gasteiger partial charge in [-0.3, -0.25) is 0 Å². The molecule has 1 aliphatic carbocycles. The molecular weight excluding hydrogens is 308 g/mol. The third-order valence-corrected chi connectivity index (χ3v) is 4.26. The van der Waals surface area contributed by atoms with Crippen LogP contribution >= 0.6 is 0 Å². The number of allylic oxidation sites excluding steroid dienone is 1. The van der Waals surface area contributed by atoms with Gasteiger partial charge in [-0.1, -0.05) is 6.08 Å². The summed E-state index contributed by atoms with van der Waals surface area (Å²) in [6, 6.07) is 3.63. The molecule has 24 heavy (non-hydrogen) atoms. The number of carbonyl (C=O) groups is 1. The second kappa shape index (κ2) is 5.84. The monoisotopic (exact) mass is 324 g/mol. The summed E-state index contributed by atoms with van der Waals surface area (Å²) in [6.07, 6.45) is 8.36.